The average Bonchev–Trinajstić information content (AvgIpc) is 2.51. The van der Waals surface area contributed by atoms with Crippen LogP contribution in [0.1, 0.15) is 10.4 Å². The van der Waals surface area contributed by atoms with Gasteiger partial charge in [-0.3, -0.25) is 9.59 Å². The lowest BCUT2D eigenvalue weighted by molar-refractivity contribution is -0.138. The van der Waals surface area contributed by atoms with Crippen LogP contribution >= 0.6 is 0 Å². The summed E-state index contributed by atoms with van der Waals surface area (Å²) in [6, 6.07) is 5.81. The van der Waals surface area contributed by atoms with Crippen LogP contribution in [0.5, 0.6) is 5.75 Å². The second kappa shape index (κ2) is 5.05. The molecule has 1 heterocycles. The van der Waals surface area contributed by atoms with Crippen LogP contribution in [0, 0.1) is 0 Å². The van der Waals surface area contributed by atoms with Gasteiger partial charge in [0.25, 0.3) is 5.91 Å². The van der Waals surface area contributed by atoms with Crippen LogP contribution in [0.4, 0.5) is 0 Å². The van der Waals surface area contributed by atoms with Gasteiger partial charge in [0.15, 0.2) is 0 Å². The molecule has 0 spiro atoms. The molecule has 0 aliphatic carbocycles. The van der Waals surface area contributed by atoms with Gasteiger partial charge < -0.3 is 20.5 Å². The average molecular weight is 250 g/mol. The summed E-state index contributed by atoms with van der Waals surface area (Å²) in [7, 11) is 0. The van der Waals surface area contributed by atoms with Crippen LogP contribution in [-0.4, -0.2) is 47.6 Å². The number of carboxylic acids is 1. The first kappa shape index (κ1) is 12.4. The van der Waals surface area contributed by atoms with Crippen molar-refractivity contribution in [3.63, 3.8) is 0 Å². The number of nitrogens with zero attached hydrogens (tertiary/aromatic N) is 1. The summed E-state index contributed by atoms with van der Waals surface area (Å²) in [4.78, 5) is 24.3. The fraction of sp³-hybridized carbons (Fsp3) is 0.333. The highest BCUT2D eigenvalue weighted by atomic mass is 16.5. The van der Waals surface area contributed by atoms with Crippen molar-refractivity contribution < 1.29 is 19.4 Å². The summed E-state index contributed by atoms with van der Waals surface area (Å²) < 4.78 is 5.44. The van der Waals surface area contributed by atoms with Crippen LogP contribution in [0.3, 0.4) is 0 Å². The summed E-state index contributed by atoms with van der Waals surface area (Å²) in [5, 5.41) is 8.77. The number of rotatable bonds is 3. The topological polar surface area (TPSA) is 92.9 Å². The molecule has 1 amide bonds. The Balaban J connectivity index is 2.20. The van der Waals surface area contributed by atoms with E-state index >= 15 is 0 Å². The zero-order valence-electron chi connectivity index (χ0n) is 9.70. The Morgan fingerprint density at radius 1 is 1.50 bits per heavy atom. The first-order chi connectivity index (χ1) is 8.59. The lowest BCUT2D eigenvalue weighted by Crippen LogP contribution is -2.45. The third-order valence-electron chi connectivity index (χ3n) is 2.76. The Morgan fingerprint density at radius 3 is 2.94 bits per heavy atom. The molecule has 0 radical (unpaired) electrons. The van der Waals surface area contributed by atoms with E-state index in [1.165, 1.54) is 4.90 Å². The van der Waals surface area contributed by atoms with Crippen molar-refractivity contribution in [3.8, 4) is 5.75 Å². The molecular formula is C12H14N2O4. The van der Waals surface area contributed by atoms with Gasteiger partial charge in [-0.25, -0.2) is 0 Å². The monoisotopic (exact) mass is 250 g/mol. The molecule has 1 aromatic rings. The zero-order valence-corrected chi connectivity index (χ0v) is 9.70. The van der Waals surface area contributed by atoms with Gasteiger partial charge in [-0.1, -0.05) is 12.1 Å². The number of hydrogen-bond donors (Lipinski definition) is 2. The second-order valence-corrected chi connectivity index (χ2v) is 4.04. The number of carbonyl (C=O) groups is 2. The number of carbonyl (C=O) groups excluding carboxylic acids is 1. The normalized spacial score (nSPS) is 16.5. The van der Waals surface area contributed by atoms with E-state index in [-0.39, 0.29) is 12.5 Å². The molecule has 1 aromatic carbocycles. The van der Waals surface area contributed by atoms with Crippen LogP contribution in [0.15, 0.2) is 24.3 Å². The van der Waals surface area contributed by atoms with E-state index in [0.717, 1.165) is 0 Å². The van der Waals surface area contributed by atoms with E-state index in [0.29, 0.717) is 24.5 Å². The van der Waals surface area contributed by atoms with Gasteiger partial charge in [0.1, 0.15) is 18.4 Å². The van der Waals surface area contributed by atoms with Crippen molar-refractivity contribution in [2.75, 3.05) is 19.7 Å². The Labute approximate surface area is 104 Å². The van der Waals surface area contributed by atoms with Crippen molar-refractivity contribution >= 4 is 11.9 Å². The first-order valence-corrected chi connectivity index (χ1v) is 5.59. The molecule has 0 bridgehead atoms. The molecule has 1 aliphatic heterocycles. The van der Waals surface area contributed by atoms with Crippen molar-refractivity contribution in [1.82, 2.24) is 4.90 Å². The van der Waals surface area contributed by atoms with Crippen LogP contribution in [-0.2, 0) is 4.79 Å². The molecule has 6 heteroatoms. The molecule has 18 heavy (non-hydrogen) atoms. The van der Waals surface area contributed by atoms with Crippen LogP contribution < -0.4 is 10.5 Å². The number of aliphatic carboxylic acids is 1. The molecule has 0 fully saturated rings. The third-order valence-corrected chi connectivity index (χ3v) is 2.76. The van der Waals surface area contributed by atoms with E-state index in [9.17, 15) is 9.59 Å². The molecule has 3 N–H and O–H groups in total. The minimum atomic E-state index is -1.12. The number of hydrogen-bond acceptors (Lipinski definition) is 4. The standard InChI is InChI=1S/C12H14N2O4/c13-9(12(16)17)7-14-5-6-18-10-4-2-1-3-8(10)11(14)15/h1-4,9H,5-7,13H2,(H,16,17). The predicted octanol–water partition coefficient (Wildman–Crippen LogP) is -0.0669. The van der Waals surface area contributed by atoms with Gasteiger partial charge in [-0.05, 0) is 12.1 Å². The lowest BCUT2D eigenvalue weighted by Gasteiger charge is -2.21. The first-order valence-electron chi connectivity index (χ1n) is 5.59. The van der Waals surface area contributed by atoms with Crippen LogP contribution in [0.2, 0.25) is 0 Å². The smallest absolute Gasteiger partial charge is 0.322 e. The van der Waals surface area contributed by atoms with Gasteiger partial charge in [0.05, 0.1) is 12.1 Å². The number of para-hydroxylation sites is 1. The summed E-state index contributed by atoms with van der Waals surface area (Å²) in [5.74, 6) is -0.852. The largest absolute Gasteiger partial charge is 0.491 e. The molecule has 1 aliphatic rings. The number of benzene rings is 1. The highest BCUT2D eigenvalue weighted by Gasteiger charge is 2.26. The predicted molar refractivity (Wildman–Crippen MR) is 63.5 cm³/mol. The zero-order chi connectivity index (χ0) is 13.1. The van der Waals surface area contributed by atoms with E-state index in [1.54, 1.807) is 24.3 Å². The third kappa shape index (κ3) is 2.43. The molecule has 0 aromatic heterocycles. The SMILES string of the molecule is NC(CN1CCOc2ccccc2C1=O)C(=O)O. The lowest BCUT2D eigenvalue weighted by atomic mass is 10.1. The van der Waals surface area contributed by atoms with Gasteiger partial charge >= 0.3 is 5.97 Å². The number of carboxylic acid groups (broad SMARTS) is 1. The number of fused-ring (bicyclic) bond motifs is 1. The minimum Gasteiger partial charge on any atom is -0.491 e. The minimum absolute atomic E-state index is 0.0220. The maximum atomic E-state index is 12.2. The Kier molecular flexibility index (Phi) is 3.47. The molecule has 2 rings (SSSR count). The van der Waals surface area contributed by atoms with Gasteiger partial charge in [-0.15, -0.1) is 0 Å². The van der Waals surface area contributed by atoms with E-state index in [1.807, 2.05) is 0 Å². The highest BCUT2D eigenvalue weighted by molar-refractivity contribution is 5.97. The number of nitrogens with two attached hydrogens (primary N) is 1. The summed E-state index contributed by atoms with van der Waals surface area (Å²) in [5.41, 5.74) is 5.88. The van der Waals surface area contributed by atoms with Gasteiger partial charge in [-0.2, -0.15) is 0 Å². The van der Waals surface area contributed by atoms with Crippen molar-refractivity contribution in [3.05, 3.63) is 29.8 Å². The molecule has 1 unspecified atom stereocenters. The van der Waals surface area contributed by atoms with Gasteiger partial charge in [0, 0.05) is 6.54 Å². The van der Waals surface area contributed by atoms with Crippen molar-refractivity contribution in [2.24, 2.45) is 5.73 Å². The maximum absolute atomic E-state index is 12.2. The summed E-state index contributed by atoms with van der Waals surface area (Å²) >= 11 is 0. The quantitative estimate of drug-likeness (QED) is 0.783. The Morgan fingerprint density at radius 2 is 2.22 bits per heavy atom. The molecular weight excluding hydrogens is 236 g/mol. The molecule has 6 nitrogen and oxygen atoms in total. The number of amides is 1. The van der Waals surface area contributed by atoms with Crippen molar-refractivity contribution in [1.29, 1.82) is 0 Å². The second-order valence-electron chi connectivity index (χ2n) is 4.04. The molecule has 0 saturated heterocycles. The fourth-order valence-electron chi connectivity index (χ4n) is 1.80. The van der Waals surface area contributed by atoms with E-state index in [2.05, 4.69) is 0 Å². The molecule has 1 atom stereocenters. The number of ether oxygens (including phenoxy) is 1. The summed E-state index contributed by atoms with van der Waals surface area (Å²) in [6.45, 7) is 0.634. The Hall–Kier alpha value is -2.08. The molecule has 0 saturated carbocycles. The molecule has 96 valence electrons. The fourth-order valence-corrected chi connectivity index (χ4v) is 1.80. The maximum Gasteiger partial charge on any atom is 0.322 e. The van der Waals surface area contributed by atoms with Crippen molar-refractivity contribution in [2.45, 2.75) is 6.04 Å². The van der Waals surface area contributed by atoms with Crippen LogP contribution in [0.25, 0.3) is 0 Å². The van der Waals surface area contributed by atoms with E-state index < -0.39 is 12.0 Å². The van der Waals surface area contributed by atoms with Gasteiger partial charge in [0.2, 0.25) is 0 Å². The van der Waals surface area contributed by atoms with E-state index in [4.69, 9.17) is 15.6 Å². The highest BCUT2D eigenvalue weighted by Crippen LogP contribution is 2.22. The Bertz CT molecular complexity index is 475. The summed E-state index contributed by atoms with van der Waals surface area (Å²) in [6.07, 6.45) is 0.